The van der Waals surface area contributed by atoms with Crippen molar-refractivity contribution < 1.29 is 0 Å². The normalized spacial score (nSPS) is 13.7. The van der Waals surface area contributed by atoms with Crippen LogP contribution in [0.5, 0.6) is 0 Å². The zero-order valence-electron chi connectivity index (χ0n) is 31.7. The Hall–Kier alpha value is -7.43. The molecule has 0 spiro atoms. The van der Waals surface area contributed by atoms with Gasteiger partial charge in [0, 0.05) is 22.7 Å². The van der Waals surface area contributed by atoms with Gasteiger partial charge in [-0.1, -0.05) is 146 Å². The molecule has 4 nitrogen and oxygen atoms in total. The van der Waals surface area contributed by atoms with Crippen LogP contribution in [-0.2, 0) is 0 Å². The molecule has 2 heterocycles. The molecule has 0 radical (unpaired) electrons. The maximum absolute atomic E-state index is 2.50. The van der Waals surface area contributed by atoms with E-state index in [0.29, 0.717) is 0 Å². The topological polar surface area (TPSA) is 13.0 Å². The van der Waals surface area contributed by atoms with E-state index in [2.05, 4.69) is 238 Å². The second-order valence-electron chi connectivity index (χ2n) is 15.4. The van der Waals surface area contributed by atoms with Gasteiger partial charge in [-0.25, -0.2) is 0 Å². The molecule has 0 unspecified atom stereocenters. The number of rotatable bonds is 6. The highest BCUT2D eigenvalue weighted by Crippen LogP contribution is 2.48. The van der Waals surface area contributed by atoms with E-state index in [1.54, 1.807) is 0 Å². The minimum absolute atomic E-state index is 0.0901. The van der Waals surface area contributed by atoms with Crippen molar-refractivity contribution in [3.63, 3.8) is 0 Å². The number of fused-ring (bicyclic) bond motifs is 2. The maximum atomic E-state index is 2.50. The van der Waals surface area contributed by atoms with E-state index >= 15 is 0 Å². The van der Waals surface area contributed by atoms with Crippen molar-refractivity contribution >= 4 is 103 Å². The highest BCUT2D eigenvalue weighted by atomic mass is 15.3. The number of anilines is 8. The van der Waals surface area contributed by atoms with Crippen molar-refractivity contribution in [2.24, 2.45) is 0 Å². The maximum Gasteiger partial charge on any atom is 0.420 e. The molecule has 0 saturated carbocycles. The predicted octanol–water partition coefficient (Wildman–Crippen LogP) is 12.0. The van der Waals surface area contributed by atoms with Gasteiger partial charge in [0.15, 0.2) is 0 Å². The molecular weight excluding hydrogens is 702 g/mol. The smallest absolute Gasteiger partial charge is 0.360 e. The fraction of sp³-hybridized carbons (Fsp3) is 0. The molecule has 0 saturated heterocycles. The van der Waals surface area contributed by atoms with Gasteiger partial charge in [0.05, 0.1) is 22.7 Å². The third-order valence-electron chi connectivity index (χ3n) is 12.1. The van der Waals surface area contributed by atoms with Crippen LogP contribution in [0.3, 0.4) is 0 Å². The highest BCUT2D eigenvalue weighted by molar-refractivity contribution is 6.85. The van der Waals surface area contributed by atoms with Crippen LogP contribution in [0.25, 0.3) is 32.3 Å². The SMILES string of the molecule is c1ccc(N2B(c3cc4ccc5cc(B6N(c7ccccc7)c7ccccc7N6c6ccccc6)cc6ccc(c3)c4c56)N(c3ccccc3)c3ccccc32)cc1. The fourth-order valence-electron chi connectivity index (χ4n) is 9.76. The zero-order chi connectivity index (χ0) is 38.2. The van der Waals surface area contributed by atoms with E-state index < -0.39 is 0 Å². The summed E-state index contributed by atoms with van der Waals surface area (Å²) >= 11 is 0. The lowest BCUT2D eigenvalue weighted by Crippen LogP contribution is -2.53. The summed E-state index contributed by atoms with van der Waals surface area (Å²) in [6.45, 7) is -0.180. The Morgan fingerprint density at radius 3 is 0.707 bits per heavy atom. The largest absolute Gasteiger partial charge is 0.420 e. The molecule has 0 aromatic heterocycles. The Kier molecular flexibility index (Phi) is 7.39. The first-order chi connectivity index (χ1) is 28.8. The van der Waals surface area contributed by atoms with E-state index in [1.807, 2.05) is 0 Å². The number of hydrogen-bond donors (Lipinski definition) is 0. The lowest BCUT2D eigenvalue weighted by atomic mass is 9.63. The standard InChI is InChI=1S/C52H36B2N4/c1-5-17-43(18-6-1)55-47-25-13-14-26-48(47)56(44-19-7-2-8-20-44)53(55)41-33-37-29-31-39-35-42(36-40-32-30-38(34-41)51(37)52(39)40)54-57(45-21-9-3-10-22-45)49-27-15-16-28-50(49)58(54)46-23-11-4-12-24-46/h1-36H. The second-order valence-corrected chi connectivity index (χ2v) is 15.4. The average Bonchev–Trinajstić information content (AvgIpc) is 3.83. The molecule has 58 heavy (non-hydrogen) atoms. The summed E-state index contributed by atoms with van der Waals surface area (Å²) in [7, 11) is 0. The third kappa shape index (κ3) is 4.98. The van der Waals surface area contributed by atoms with Crippen LogP contribution in [0.4, 0.5) is 45.5 Å². The Morgan fingerprint density at radius 2 is 0.466 bits per heavy atom. The van der Waals surface area contributed by atoms with Crippen LogP contribution in [-0.4, -0.2) is 14.0 Å². The summed E-state index contributed by atoms with van der Waals surface area (Å²) in [5.74, 6) is 0. The summed E-state index contributed by atoms with van der Waals surface area (Å²) in [6, 6.07) is 79.9. The van der Waals surface area contributed by atoms with Gasteiger partial charge in [-0.3, -0.25) is 0 Å². The van der Waals surface area contributed by atoms with Crippen molar-refractivity contribution in [2.75, 3.05) is 19.2 Å². The molecule has 0 fully saturated rings. The molecule has 2 aliphatic heterocycles. The lowest BCUT2D eigenvalue weighted by Gasteiger charge is -2.31. The van der Waals surface area contributed by atoms with Gasteiger partial charge < -0.3 is 19.2 Å². The number of hydrogen-bond acceptors (Lipinski definition) is 4. The van der Waals surface area contributed by atoms with Crippen LogP contribution in [0, 0.1) is 0 Å². The molecule has 0 aliphatic carbocycles. The predicted molar refractivity (Wildman–Crippen MR) is 248 cm³/mol. The van der Waals surface area contributed by atoms with Crippen LogP contribution in [0.1, 0.15) is 0 Å². The Bertz CT molecular complexity index is 2700. The van der Waals surface area contributed by atoms with Gasteiger partial charge in [-0.15, -0.1) is 0 Å². The molecule has 2 aliphatic rings. The summed E-state index contributed by atoms with van der Waals surface area (Å²) < 4.78 is 0. The number of para-hydroxylation sites is 8. The fourth-order valence-corrected chi connectivity index (χ4v) is 9.76. The van der Waals surface area contributed by atoms with E-state index in [9.17, 15) is 0 Å². The summed E-state index contributed by atoms with van der Waals surface area (Å²) in [5.41, 5.74) is 11.9. The highest BCUT2D eigenvalue weighted by Gasteiger charge is 2.45. The Labute approximate surface area is 339 Å². The van der Waals surface area contributed by atoms with E-state index in [4.69, 9.17) is 0 Å². The number of nitrogens with zero attached hydrogens (tertiary/aromatic N) is 4. The van der Waals surface area contributed by atoms with Crippen molar-refractivity contribution in [3.05, 3.63) is 218 Å². The first-order valence-corrected chi connectivity index (χ1v) is 20.1. The monoisotopic (exact) mass is 738 g/mol. The molecule has 10 aromatic rings. The minimum atomic E-state index is -0.0901. The van der Waals surface area contributed by atoms with Crippen LogP contribution in [0.2, 0.25) is 0 Å². The molecule has 0 atom stereocenters. The van der Waals surface area contributed by atoms with Crippen LogP contribution < -0.4 is 30.2 Å². The summed E-state index contributed by atoms with van der Waals surface area (Å²) in [4.78, 5) is 9.99. The van der Waals surface area contributed by atoms with Gasteiger partial charge in [-0.05, 0) is 116 Å². The van der Waals surface area contributed by atoms with Crippen molar-refractivity contribution in [2.45, 2.75) is 0 Å². The molecule has 10 aromatic carbocycles. The van der Waals surface area contributed by atoms with Crippen LogP contribution in [0.15, 0.2) is 218 Å². The molecular formula is C52H36B2N4. The molecule has 270 valence electrons. The Balaban J connectivity index is 1.04. The average molecular weight is 739 g/mol. The van der Waals surface area contributed by atoms with E-state index in [1.165, 1.54) is 88.7 Å². The molecule has 12 rings (SSSR count). The lowest BCUT2D eigenvalue weighted by molar-refractivity contribution is 1.40. The molecule has 0 amide bonds. The molecule has 0 N–H and O–H groups in total. The minimum Gasteiger partial charge on any atom is -0.360 e. The second kappa shape index (κ2) is 13.1. The van der Waals surface area contributed by atoms with Crippen LogP contribution >= 0.6 is 0 Å². The van der Waals surface area contributed by atoms with E-state index in [0.717, 1.165) is 0 Å². The van der Waals surface area contributed by atoms with Gasteiger partial charge in [0.2, 0.25) is 0 Å². The zero-order valence-corrected chi connectivity index (χ0v) is 31.7. The first-order valence-electron chi connectivity index (χ1n) is 20.1. The first kappa shape index (κ1) is 32.8. The number of benzene rings is 10. The van der Waals surface area contributed by atoms with E-state index in [-0.39, 0.29) is 14.0 Å². The molecule has 6 heteroatoms. The van der Waals surface area contributed by atoms with Crippen molar-refractivity contribution in [3.8, 4) is 0 Å². The van der Waals surface area contributed by atoms with Gasteiger partial charge in [-0.2, -0.15) is 0 Å². The molecule has 0 bridgehead atoms. The summed E-state index contributed by atoms with van der Waals surface area (Å²) in [6.07, 6.45) is 0. The Morgan fingerprint density at radius 1 is 0.241 bits per heavy atom. The van der Waals surface area contributed by atoms with Crippen molar-refractivity contribution in [1.29, 1.82) is 0 Å². The van der Waals surface area contributed by atoms with Gasteiger partial charge in [0.1, 0.15) is 0 Å². The van der Waals surface area contributed by atoms with Gasteiger partial charge >= 0.3 is 14.0 Å². The quantitative estimate of drug-likeness (QED) is 0.124. The van der Waals surface area contributed by atoms with Gasteiger partial charge in [0.25, 0.3) is 0 Å². The summed E-state index contributed by atoms with van der Waals surface area (Å²) in [5, 5.41) is 7.63. The third-order valence-corrected chi connectivity index (χ3v) is 12.1. The van der Waals surface area contributed by atoms with Crippen molar-refractivity contribution in [1.82, 2.24) is 0 Å².